The summed E-state index contributed by atoms with van der Waals surface area (Å²) in [6.45, 7) is 2.48. The van der Waals surface area contributed by atoms with Crippen LogP contribution >= 0.6 is 11.6 Å². The number of nitrogens with zero attached hydrogens (tertiary/aromatic N) is 1. The van der Waals surface area contributed by atoms with Gasteiger partial charge in [-0.1, -0.05) is 23.7 Å². The predicted octanol–water partition coefficient (Wildman–Crippen LogP) is 2.66. The summed E-state index contributed by atoms with van der Waals surface area (Å²) in [5, 5.41) is 0.603. The lowest BCUT2D eigenvalue weighted by Gasteiger charge is -2.16. The molecule has 1 aliphatic heterocycles. The second-order valence-corrected chi connectivity index (χ2v) is 5.45. The van der Waals surface area contributed by atoms with Crippen molar-refractivity contribution < 1.29 is 19.1 Å². The molecule has 0 atom stereocenters. The van der Waals surface area contributed by atoms with E-state index in [0.717, 1.165) is 5.56 Å². The fourth-order valence-electron chi connectivity index (χ4n) is 2.41. The van der Waals surface area contributed by atoms with Crippen molar-refractivity contribution in [1.29, 1.82) is 0 Å². The third-order valence-electron chi connectivity index (χ3n) is 3.60. The lowest BCUT2D eigenvalue weighted by molar-refractivity contribution is -0.136. The van der Waals surface area contributed by atoms with Gasteiger partial charge in [0.15, 0.2) is 0 Å². The Morgan fingerprint density at radius 1 is 1.26 bits per heavy atom. The Labute approximate surface area is 140 Å². The van der Waals surface area contributed by atoms with Crippen molar-refractivity contribution in [2.24, 2.45) is 0 Å². The van der Waals surface area contributed by atoms with Crippen molar-refractivity contribution in [2.75, 3.05) is 27.4 Å². The first kappa shape index (κ1) is 17.2. The molecule has 0 N–H and O–H groups in total. The minimum Gasteiger partial charge on any atom is -0.465 e. The smallest absolute Gasteiger partial charge is 0.340 e. The molecule has 1 amide bonds. The molecule has 0 aromatic heterocycles. The number of halogens is 1. The molecular formula is C17H18ClNO4. The van der Waals surface area contributed by atoms with E-state index in [2.05, 4.69) is 0 Å². The zero-order chi connectivity index (χ0) is 17.0. The SMILES string of the molecule is COCCN1C(=O)/C(=C\c2ccc(Cl)cc2)C(C(=O)OC)=C1C. The quantitative estimate of drug-likeness (QED) is 0.613. The summed E-state index contributed by atoms with van der Waals surface area (Å²) in [4.78, 5) is 26.3. The molecular weight excluding hydrogens is 318 g/mol. The average Bonchev–Trinajstić information content (AvgIpc) is 2.77. The number of carbonyl (C=O) groups is 2. The van der Waals surface area contributed by atoms with E-state index in [4.69, 9.17) is 21.1 Å². The maximum absolute atomic E-state index is 12.7. The van der Waals surface area contributed by atoms with E-state index in [0.29, 0.717) is 29.4 Å². The third kappa shape index (κ3) is 3.63. The van der Waals surface area contributed by atoms with Crippen molar-refractivity contribution in [3.8, 4) is 0 Å². The Morgan fingerprint density at radius 3 is 2.48 bits per heavy atom. The maximum Gasteiger partial charge on any atom is 0.340 e. The molecule has 1 aromatic carbocycles. The van der Waals surface area contributed by atoms with E-state index in [1.54, 1.807) is 44.4 Å². The van der Waals surface area contributed by atoms with Crippen molar-refractivity contribution in [1.82, 2.24) is 4.90 Å². The lowest BCUT2D eigenvalue weighted by atomic mass is 10.0. The zero-order valence-corrected chi connectivity index (χ0v) is 14.0. The van der Waals surface area contributed by atoms with Gasteiger partial charge >= 0.3 is 5.97 Å². The van der Waals surface area contributed by atoms with Crippen molar-refractivity contribution in [2.45, 2.75) is 6.92 Å². The van der Waals surface area contributed by atoms with E-state index in [1.165, 1.54) is 12.0 Å². The first-order chi connectivity index (χ1) is 11.0. The van der Waals surface area contributed by atoms with Crippen LogP contribution in [0.15, 0.2) is 41.1 Å². The molecule has 1 heterocycles. The Bertz CT molecular complexity index is 676. The fraction of sp³-hybridized carbons (Fsp3) is 0.294. The lowest BCUT2D eigenvalue weighted by Crippen LogP contribution is -2.28. The van der Waals surface area contributed by atoms with Crippen LogP contribution in [0.2, 0.25) is 5.02 Å². The summed E-state index contributed by atoms with van der Waals surface area (Å²) in [7, 11) is 2.86. The summed E-state index contributed by atoms with van der Waals surface area (Å²) in [5.41, 5.74) is 1.94. The first-order valence-electron chi connectivity index (χ1n) is 7.07. The number of rotatable bonds is 5. The van der Waals surface area contributed by atoms with Gasteiger partial charge in [0.05, 0.1) is 24.9 Å². The van der Waals surface area contributed by atoms with Gasteiger partial charge in [0, 0.05) is 24.4 Å². The second kappa shape index (κ2) is 7.44. The Balaban J connectivity index is 2.45. The van der Waals surface area contributed by atoms with Crippen LogP contribution in [0.3, 0.4) is 0 Å². The summed E-state index contributed by atoms with van der Waals surface area (Å²) >= 11 is 5.87. The van der Waals surface area contributed by atoms with Crippen LogP contribution in [0.25, 0.3) is 6.08 Å². The number of benzene rings is 1. The average molecular weight is 336 g/mol. The van der Waals surface area contributed by atoms with Gasteiger partial charge in [-0.25, -0.2) is 4.79 Å². The number of hydrogen-bond donors (Lipinski definition) is 0. The Morgan fingerprint density at radius 2 is 1.91 bits per heavy atom. The Kier molecular flexibility index (Phi) is 5.58. The van der Waals surface area contributed by atoms with E-state index in [1.807, 2.05) is 0 Å². The van der Waals surface area contributed by atoms with Gasteiger partial charge in [-0.05, 0) is 30.7 Å². The van der Waals surface area contributed by atoms with Gasteiger partial charge in [0.25, 0.3) is 5.91 Å². The highest BCUT2D eigenvalue weighted by Gasteiger charge is 2.36. The minimum absolute atomic E-state index is 0.241. The van der Waals surface area contributed by atoms with Crippen LogP contribution in [-0.2, 0) is 19.1 Å². The molecule has 0 saturated heterocycles. The highest BCUT2D eigenvalue weighted by molar-refractivity contribution is 6.30. The van der Waals surface area contributed by atoms with E-state index in [9.17, 15) is 9.59 Å². The van der Waals surface area contributed by atoms with Crippen LogP contribution in [-0.4, -0.2) is 44.1 Å². The molecule has 23 heavy (non-hydrogen) atoms. The third-order valence-corrected chi connectivity index (χ3v) is 3.85. The highest BCUT2D eigenvalue weighted by Crippen LogP contribution is 2.31. The molecule has 1 aromatic rings. The van der Waals surface area contributed by atoms with E-state index >= 15 is 0 Å². The minimum atomic E-state index is -0.531. The van der Waals surface area contributed by atoms with Gasteiger partial charge in [0.2, 0.25) is 0 Å². The standard InChI is InChI=1S/C17H18ClNO4/c1-11-15(17(21)23-3)14(16(20)19(11)8-9-22-2)10-12-4-6-13(18)7-5-12/h4-7,10H,8-9H2,1-3H3/b14-10-. The monoisotopic (exact) mass is 335 g/mol. The van der Waals surface area contributed by atoms with Crippen molar-refractivity contribution in [3.63, 3.8) is 0 Å². The molecule has 1 aliphatic rings. The zero-order valence-electron chi connectivity index (χ0n) is 13.3. The maximum atomic E-state index is 12.7. The number of allylic oxidation sites excluding steroid dienone is 1. The van der Waals surface area contributed by atoms with Crippen LogP contribution in [0, 0.1) is 0 Å². The van der Waals surface area contributed by atoms with Crippen LogP contribution < -0.4 is 0 Å². The second-order valence-electron chi connectivity index (χ2n) is 5.01. The number of amides is 1. The van der Waals surface area contributed by atoms with Gasteiger partial charge in [-0.15, -0.1) is 0 Å². The van der Waals surface area contributed by atoms with Crippen molar-refractivity contribution in [3.05, 3.63) is 51.7 Å². The molecule has 5 nitrogen and oxygen atoms in total. The first-order valence-corrected chi connectivity index (χ1v) is 7.45. The van der Waals surface area contributed by atoms with Gasteiger partial charge in [-0.2, -0.15) is 0 Å². The molecule has 0 bridgehead atoms. The molecule has 122 valence electrons. The van der Waals surface area contributed by atoms with Gasteiger partial charge < -0.3 is 14.4 Å². The number of esters is 1. The molecule has 0 radical (unpaired) electrons. The number of hydrogen-bond acceptors (Lipinski definition) is 4. The molecule has 6 heteroatoms. The van der Waals surface area contributed by atoms with Crippen LogP contribution in [0.1, 0.15) is 12.5 Å². The largest absolute Gasteiger partial charge is 0.465 e. The summed E-state index contributed by atoms with van der Waals surface area (Å²) in [5.74, 6) is -0.772. The molecule has 2 rings (SSSR count). The highest BCUT2D eigenvalue weighted by atomic mass is 35.5. The van der Waals surface area contributed by atoms with Crippen LogP contribution in [0.4, 0.5) is 0 Å². The topological polar surface area (TPSA) is 55.8 Å². The summed E-state index contributed by atoms with van der Waals surface area (Å²) in [6.07, 6.45) is 1.67. The van der Waals surface area contributed by atoms with Gasteiger partial charge in [0.1, 0.15) is 0 Å². The molecule has 0 unspecified atom stereocenters. The van der Waals surface area contributed by atoms with E-state index in [-0.39, 0.29) is 11.5 Å². The normalized spacial score (nSPS) is 16.4. The molecule has 0 spiro atoms. The van der Waals surface area contributed by atoms with Gasteiger partial charge in [-0.3, -0.25) is 4.79 Å². The molecule has 0 saturated carbocycles. The van der Waals surface area contributed by atoms with Crippen molar-refractivity contribution >= 4 is 29.6 Å². The fourth-order valence-corrected chi connectivity index (χ4v) is 2.53. The summed E-state index contributed by atoms with van der Waals surface area (Å²) < 4.78 is 9.85. The van der Waals surface area contributed by atoms with Crippen LogP contribution in [0.5, 0.6) is 0 Å². The Hall–Kier alpha value is -2.11. The molecule has 0 fully saturated rings. The molecule has 0 aliphatic carbocycles. The number of methoxy groups -OCH3 is 2. The summed E-state index contributed by atoms with van der Waals surface area (Å²) in [6, 6.07) is 7.02. The number of ether oxygens (including phenoxy) is 2. The predicted molar refractivity (Wildman–Crippen MR) is 87.7 cm³/mol. The number of carbonyl (C=O) groups excluding carboxylic acids is 2. The van der Waals surface area contributed by atoms with E-state index < -0.39 is 5.97 Å².